The van der Waals surface area contributed by atoms with E-state index in [1.54, 1.807) is 18.2 Å². The van der Waals surface area contributed by atoms with Gasteiger partial charge < -0.3 is 16.2 Å². The van der Waals surface area contributed by atoms with Gasteiger partial charge in [-0.3, -0.25) is 18.7 Å². The van der Waals surface area contributed by atoms with Gasteiger partial charge in [0.25, 0.3) is 5.56 Å². The van der Waals surface area contributed by atoms with Gasteiger partial charge in [0.1, 0.15) is 11.4 Å². The van der Waals surface area contributed by atoms with Gasteiger partial charge in [0, 0.05) is 13.6 Å². The first-order valence-corrected chi connectivity index (χ1v) is 8.80. The Morgan fingerprint density at radius 2 is 2.00 bits per heavy atom. The number of carbonyl (C=O) groups is 1. The zero-order valence-electron chi connectivity index (χ0n) is 15.5. The molecule has 0 amide bonds. The van der Waals surface area contributed by atoms with Crippen LogP contribution < -0.4 is 22.3 Å². The van der Waals surface area contributed by atoms with E-state index < -0.39 is 17.0 Å². The molecular formula is C18H23ClN4O4. The summed E-state index contributed by atoms with van der Waals surface area (Å²) in [6.45, 7) is 3.67. The summed E-state index contributed by atoms with van der Waals surface area (Å²) in [4.78, 5) is 37.4. The Hall–Kier alpha value is -2.58. The minimum atomic E-state index is -0.737. The Morgan fingerprint density at radius 1 is 1.33 bits per heavy atom. The number of nitrogens with zero attached hydrogens (tertiary/aromatic N) is 2. The molecule has 0 saturated carbocycles. The normalized spacial score (nSPS) is 11.0. The Labute approximate surface area is 161 Å². The first-order chi connectivity index (χ1) is 12.7. The van der Waals surface area contributed by atoms with Gasteiger partial charge >= 0.3 is 5.69 Å². The topological polar surface area (TPSA) is 119 Å². The number of hydrogen-bond acceptors (Lipinski definition) is 6. The van der Waals surface area contributed by atoms with Gasteiger partial charge in [0.05, 0.1) is 23.9 Å². The van der Waals surface area contributed by atoms with Crippen molar-refractivity contribution in [1.82, 2.24) is 9.13 Å². The molecule has 0 atom stereocenters. The van der Waals surface area contributed by atoms with Gasteiger partial charge in [-0.05, 0) is 23.6 Å². The predicted molar refractivity (Wildman–Crippen MR) is 105 cm³/mol. The van der Waals surface area contributed by atoms with Gasteiger partial charge in [0.2, 0.25) is 0 Å². The highest BCUT2D eigenvalue weighted by Crippen LogP contribution is 2.23. The van der Waals surface area contributed by atoms with E-state index >= 15 is 0 Å². The van der Waals surface area contributed by atoms with Crippen molar-refractivity contribution < 1.29 is 9.90 Å². The number of aliphatic hydroxyl groups excluding tert-OH is 1. The van der Waals surface area contributed by atoms with Crippen LogP contribution in [0.5, 0.6) is 0 Å². The number of aliphatic hydroxyl groups is 1. The molecular weight excluding hydrogens is 372 g/mol. The summed E-state index contributed by atoms with van der Waals surface area (Å²) in [5, 5.41) is 12.4. The molecule has 2 rings (SSSR count). The summed E-state index contributed by atoms with van der Waals surface area (Å²) in [5.41, 5.74) is 5.52. The van der Waals surface area contributed by atoms with E-state index in [2.05, 4.69) is 5.32 Å². The number of hydrogen-bond donors (Lipinski definition) is 3. The smallest absolute Gasteiger partial charge is 0.332 e. The highest BCUT2D eigenvalue weighted by molar-refractivity contribution is 6.33. The van der Waals surface area contributed by atoms with Crippen molar-refractivity contribution in [3.8, 4) is 0 Å². The maximum Gasteiger partial charge on any atom is 0.332 e. The first-order valence-electron chi connectivity index (χ1n) is 8.43. The van der Waals surface area contributed by atoms with Crippen molar-refractivity contribution in [3.05, 3.63) is 55.2 Å². The van der Waals surface area contributed by atoms with Crippen LogP contribution in [0.3, 0.4) is 0 Å². The number of carbonyl (C=O) groups excluding carboxylic acids is 1. The highest BCUT2D eigenvalue weighted by Gasteiger charge is 2.21. The number of nitrogens with one attached hydrogen (secondary N) is 1. The van der Waals surface area contributed by atoms with Crippen molar-refractivity contribution in [1.29, 1.82) is 0 Å². The monoisotopic (exact) mass is 394 g/mol. The molecule has 0 spiro atoms. The van der Waals surface area contributed by atoms with E-state index in [-0.39, 0.29) is 37.0 Å². The van der Waals surface area contributed by atoms with Crippen molar-refractivity contribution in [2.45, 2.75) is 27.0 Å². The van der Waals surface area contributed by atoms with Crippen LogP contribution in [0.15, 0.2) is 27.8 Å². The lowest BCUT2D eigenvalue weighted by Crippen LogP contribution is -2.43. The molecule has 146 valence electrons. The average molecular weight is 395 g/mol. The molecule has 0 saturated heterocycles. The number of benzene rings is 1. The summed E-state index contributed by atoms with van der Waals surface area (Å²) >= 11 is 6.08. The molecule has 1 aromatic heterocycles. The maximum atomic E-state index is 12.7. The van der Waals surface area contributed by atoms with Crippen LogP contribution in [-0.2, 0) is 20.2 Å². The van der Waals surface area contributed by atoms with Crippen LogP contribution >= 0.6 is 11.6 Å². The third kappa shape index (κ3) is 4.40. The summed E-state index contributed by atoms with van der Waals surface area (Å²) in [7, 11) is 1.31. The molecule has 0 unspecified atom stereocenters. The van der Waals surface area contributed by atoms with Crippen LogP contribution in [0, 0.1) is 5.92 Å². The van der Waals surface area contributed by atoms with Gasteiger partial charge in [-0.15, -0.1) is 0 Å². The van der Waals surface area contributed by atoms with Crippen molar-refractivity contribution in [2.24, 2.45) is 13.0 Å². The molecule has 27 heavy (non-hydrogen) atoms. The lowest BCUT2D eigenvalue weighted by Gasteiger charge is -2.16. The standard InChI is InChI=1S/C18H23ClN4O4/c1-10(2)8-23-16(20)15(17(26)22(3)18(23)27)14(25)7-21-13-6-11(9-24)4-5-12(13)19/h4-6,10,21,24H,7-9,20H2,1-3H3. The van der Waals surface area contributed by atoms with Crippen LogP contribution in [0.2, 0.25) is 5.02 Å². The van der Waals surface area contributed by atoms with Gasteiger partial charge in [0.15, 0.2) is 5.78 Å². The third-order valence-corrected chi connectivity index (χ3v) is 4.39. The van der Waals surface area contributed by atoms with Crippen molar-refractivity contribution in [3.63, 3.8) is 0 Å². The summed E-state index contributed by atoms with van der Waals surface area (Å²) in [6.07, 6.45) is 0. The fourth-order valence-electron chi connectivity index (χ4n) is 2.66. The number of nitrogen functional groups attached to an aromatic ring is 1. The highest BCUT2D eigenvalue weighted by atomic mass is 35.5. The SMILES string of the molecule is CC(C)Cn1c(N)c(C(=O)CNc2cc(CO)ccc2Cl)c(=O)n(C)c1=O. The largest absolute Gasteiger partial charge is 0.392 e. The maximum absolute atomic E-state index is 12.7. The van der Waals surface area contributed by atoms with Crippen molar-refractivity contribution >= 4 is 28.9 Å². The molecule has 0 aliphatic heterocycles. The minimum Gasteiger partial charge on any atom is -0.392 e. The summed E-state index contributed by atoms with van der Waals surface area (Å²) in [5.74, 6) is -0.599. The molecule has 0 aliphatic carbocycles. The molecule has 0 fully saturated rings. The quantitative estimate of drug-likeness (QED) is 0.607. The number of nitrogens with two attached hydrogens (primary N) is 1. The average Bonchev–Trinajstić information content (AvgIpc) is 2.63. The van der Waals surface area contributed by atoms with Crippen LogP contribution in [-0.4, -0.2) is 26.6 Å². The van der Waals surface area contributed by atoms with E-state index in [1.807, 2.05) is 13.8 Å². The fourth-order valence-corrected chi connectivity index (χ4v) is 2.84. The Morgan fingerprint density at radius 3 is 2.59 bits per heavy atom. The molecule has 0 aliphatic rings. The second kappa shape index (κ2) is 8.41. The zero-order valence-corrected chi connectivity index (χ0v) is 16.2. The lowest BCUT2D eigenvalue weighted by molar-refractivity contribution is 0.100. The van der Waals surface area contributed by atoms with E-state index in [0.29, 0.717) is 16.3 Å². The molecule has 4 N–H and O–H groups in total. The molecule has 0 radical (unpaired) electrons. The van der Waals surface area contributed by atoms with Gasteiger partial charge in [-0.2, -0.15) is 0 Å². The molecule has 2 aromatic rings. The summed E-state index contributed by atoms with van der Waals surface area (Å²) < 4.78 is 2.12. The molecule has 9 heteroatoms. The van der Waals surface area contributed by atoms with E-state index in [9.17, 15) is 19.5 Å². The van der Waals surface area contributed by atoms with Crippen LogP contribution in [0.25, 0.3) is 0 Å². The second-order valence-electron chi connectivity index (χ2n) is 6.66. The third-order valence-electron chi connectivity index (χ3n) is 4.06. The molecule has 1 aromatic carbocycles. The number of aromatic nitrogens is 2. The van der Waals surface area contributed by atoms with E-state index in [1.165, 1.54) is 11.6 Å². The number of Topliss-reactive ketones (excluding diaryl/α,β-unsaturated/α-hetero) is 1. The van der Waals surface area contributed by atoms with Gasteiger partial charge in [-0.1, -0.05) is 31.5 Å². The Balaban J connectivity index is 2.38. The first kappa shape index (κ1) is 20.7. The molecule has 0 bridgehead atoms. The zero-order chi connectivity index (χ0) is 20.3. The summed E-state index contributed by atoms with van der Waals surface area (Å²) in [6, 6.07) is 4.86. The number of rotatable bonds is 7. The number of ketones is 1. The van der Waals surface area contributed by atoms with E-state index in [4.69, 9.17) is 17.3 Å². The number of anilines is 2. The minimum absolute atomic E-state index is 0.101. The predicted octanol–water partition coefficient (Wildman–Crippen LogP) is 1.23. The van der Waals surface area contributed by atoms with Crippen LogP contribution in [0.4, 0.5) is 11.5 Å². The Kier molecular flexibility index (Phi) is 6.45. The van der Waals surface area contributed by atoms with Gasteiger partial charge in [-0.25, -0.2) is 4.79 Å². The molecule has 8 nitrogen and oxygen atoms in total. The molecule has 1 heterocycles. The second-order valence-corrected chi connectivity index (χ2v) is 7.07. The lowest BCUT2D eigenvalue weighted by atomic mass is 10.1. The van der Waals surface area contributed by atoms with Crippen LogP contribution in [0.1, 0.15) is 29.8 Å². The number of halogens is 1. The van der Waals surface area contributed by atoms with Crippen molar-refractivity contribution in [2.75, 3.05) is 17.6 Å². The fraction of sp³-hybridized carbons (Fsp3) is 0.389. The Bertz CT molecular complexity index is 979. The van der Waals surface area contributed by atoms with E-state index in [0.717, 1.165) is 4.57 Å².